The molecule has 3 amide bonds. The van der Waals surface area contributed by atoms with Gasteiger partial charge in [-0.1, -0.05) is 24.3 Å². The van der Waals surface area contributed by atoms with E-state index in [1.165, 1.54) is 4.90 Å². The maximum Gasteiger partial charge on any atom is 0.408 e. The number of aromatic nitrogens is 1. The molecule has 1 aliphatic rings. The van der Waals surface area contributed by atoms with Crippen LogP contribution in [0.2, 0.25) is 0 Å². The van der Waals surface area contributed by atoms with Crippen LogP contribution in [0.1, 0.15) is 38.4 Å². The summed E-state index contributed by atoms with van der Waals surface area (Å²) in [6, 6.07) is 7.05. The number of aliphatic hydroxyl groups is 1. The molecule has 3 rings (SSSR count). The summed E-state index contributed by atoms with van der Waals surface area (Å²) in [5, 5.41) is 15.3. The van der Waals surface area contributed by atoms with Crippen molar-refractivity contribution in [1.82, 2.24) is 20.5 Å². The van der Waals surface area contributed by atoms with Crippen LogP contribution in [-0.4, -0.2) is 63.7 Å². The molecule has 1 saturated heterocycles. The highest BCUT2D eigenvalue weighted by Crippen LogP contribution is 2.27. The fraction of sp³-hybridized carbons (Fsp3) is 0.478. The Morgan fingerprint density at radius 3 is 2.52 bits per heavy atom. The summed E-state index contributed by atoms with van der Waals surface area (Å²) in [7, 11) is 0. The Hall–Kier alpha value is -2.98. The molecule has 1 aliphatic heterocycles. The molecule has 0 spiro atoms. The monoisotopic (exact) mass is 474 g/mol. The Balaban J connectivity index is 1.54. The molecule has 2 aromatic rings. The van der Waals surface area contributed by atoms with Crippen LogP contribution in [-0.2, 0) is 20.9 Å². The fourth-order valence-electron chi connectivity index (χ4n) is 3.56. The van der Waals surface area contributed by atoms with Crippen molar-refractivity contribution in [2.24, 2.45) is 0 Å². The number of thiazole rings is 1. The van der Waals surface area contributed by atoms with Gasteiger partial charge in [0.25, 0.3) is 0 Å². The van der Waals surface area contributed by atoms with Crippen molar-refractivity contribution in [3.8, 4) is 10.4 Å². The molecule has 1 aromatic carbocycles. The zero-order valence-corrected chi connectivity index (χ0v) is 20.1. The van der Waals surface area contributed by atoms with E-state index in [4.69, 9.17) is 4.74 Å². The van der Waals surface area contributed by atoms with E-state index in [1.807, 2.05) is 36.7 Å². The quantitative estimate of drug-likeness (QED) is 0.590. The molecule has 1 fully saturated rings. The second-order valence-electron chi connectivity index (χ2n) is 8.99. The average Bonchev–Trinajstić information content (AvgIpc) is 3.35. The Morgan fingerprint density at radius 1 is 1.21 bits per heavy atom. The summed E-state index contributed by atoms with van der Waals surface area (Å²) < 4.78 is 5.12. The number of hydrogen-bond acceptors (Lipinski definition) is 7. The van der Waals surface area contributed by atoms with Gasteiger partial charge in [0.2, 0.25) is 11.8 Å². The van der Waals surface area contributed by atoms with Crippen LogP contribution >= 0.6 is 11.3 Å². The highest BCUT2D eigenvalue weighted by molar-refractivity contribution is 7.13. The predicted molar refractivity (Wildman–Crippen MR) is 124 cm³/mol. The smallest absolute Gasteiger partial charge is 0.408 e. The number of β-amino-alcohol motifs (C(OH)–C–C–N with tert-alkyl or cyclic N) is 1. The number of benzene rings is 1. The predicted octanol–water partition coefficient (Wildman–Crippen LogP) is 2.22. The summed E-state index contributed by atoms with van der Waals surface area (Å²) in [5.41, 5.74) is 4.09. The molecule has 10 heteroatoms. The molecular formula is C23H30N4O5S. The summed E-state index contributed by atoms with van der Waals surface area (Å²) in [4.78, 5) is 43.8. The Morgan fingerprint density at radius 2 is 1.91 bits per heavy atom. The van der Waals surface area contributed by atoms with Gasteiger partial charge in [0.05, 0.1) is 22.2 Å². The molecule has 0 unspecified atom stereocenters. The van der Waals surface area contributed by atoms with Crippen LogP contribution in [0.3, 0.4) is 0 Å². The van der Waals surface area contributed by atoms with E-state index < -0.39 is 29.7 Å². The number of nitrogens with zero attached hydrogens (tertiary/aromatic N) is 2. The molecule has 2 heterocycles. The van der Waals surface area contributed by atoms with Crippen molar-refractivity contribution in [3.63, 3.8) is 0 Å². The topological polar surface area (TPSA) is 121 Å². The van der Waals surface area contributed by atoms with Crippen molar-refractivity contribution in [1.29, 1.82) is 0 Å². The molecule has 2 atom stereocenters. The van der Waals surface area contributed by atoms with Gasteiger partial charge in [-0.05, 0) is 38.8 Å². The van der Waals surface area contributed by atoms with E-state index in [1.54, 1.807) is 32.1 Å². The number of nitrogens with one attached hydrogen (secondary N) is 2. The van der Waals surface area contributed by atoms with E-state index in [2.05, 4.69) is 15.6 Å². The molecule has 0 aliphatic carbocycles. The van der Waals surface area contributed by atoms with Crippen molar-refractivity contribution < 1.29 is 24.2 Å². The van der Waals surface area contributed by atoms with Crippen LogP contribution in [0.15, 0.2) is 29.8 Å². The highest BCUT2D eigenvalue weighted by atomic mass is 32.1. The van der Waals surface area contributed by atoms with Crippen molar-refractivity contribution in [2.45, 2.75) is 58.4 Å². The lowest BCUT2D eigenvalue weighted by Gasteiger charge is -2.24. The van der Waals surface area contributed by atoms with Gasteiger partial charge in [-0.3, -0.25) is 9.59 Å². The normalized spacial score (nSPS) is 18.2. The van der Waals surface area contributed by atoms with Crippen LogP contribution < -0.4 is 10.6 Å². The van der Waals surface area contributed by atoms with E-state index in [0.717, 1.165) is 21.7 Å². The van der Waals surface area contributed by atoms with Crippen molar-refractivity contribution in [2.75, 3.05) is 13.1 Å². The lowest BCUT2D eigenvalue weighted by molar-refractivity contribution is -0.137. The Kier molecular flexibility index (Phi) is 7.70. The number of carbonyl (C=O) groups excluding carboxylic acids is 3. The van der Waals surface area contributed by atoms with Crippen molar-refractivity contribution >= 4 is 29.2 Å². The standard InChI is InChI=1S/C23H30N4O5S/c1-14-20(33-13-26-14)16-7-5-15(6-8-16)10-24-21(30)18-9-17(28)12-27(18)19(29)11-25-22(31)32-23(2,3)4/h5-8,13,17-18,28H,9-12H2,1-4H3,(H,24,30)(H,25,31)/t17-,18+/m1/s1. The second-order valence-corrected chi connectivity index (χ2v) is 9.84. The molecule has 1 aromatic heterocycles. The van der Waals surface area contributed by atoms with Crippen LogP contribution in [0, 0.1) is 6.92 Å². The van der Waals surface area contributed by atoms with Gasteiger partial charge in [0, 0.05) is 19.5 Å². The number of aliphatic hydroxyl groups excluding tert-OH is 1. The van der Waals surface area contributed by atoms with Crippen LogP contribution in [0.5, 0.6) is 0 Å². The minimum atomic E-state index is -0.799. The SMILES string of the molecule is Cc1ncsc1-c1ccc(CNC(=O)[C@@H]2C[C@@H](O)CN2C(=O)CNC(=O)OC(C)(C)C)cc1. The minimum absolute atomic E-state index is 0.0375. The van der Waals surface area contributed by atoms with Gasteiger partial charge in [0.15, 0.2) is 0 Å². The second kappa shape index (κ2) is 10.3. The molecule has 0 bridgehead atoms. The van der Waals surface area contributed by atoms with Gasteiger partial charge >= 0.3 is 6.09 Å². The maximum absolute atomic E-state index is 12.8. The average molecular weight is 475 g/mol. The number of carbonyl (C=O) groups is 3. The Labute approximate surface area is 197 Å². The molecule has 0 radical (unpaired) electrons. The van der Waals surface area contributed by atoms with E-state index in [0.29, 0.717) is 6.54 Å². The Bertz CT molecular complexity index is 999. The van der Waals surface area contributed by atoms with Gasteiger partial charge in [-0.25, -0.2) is 9.78 Å². The van der Waals surface area contributed by atoms with Gasteiger partial charge in [0.1, 0.15) is 18.2 Å². The van der Waals surface area contributed by atoms with Crippen LogP contribution in [0.25, 0.3) is 10.4 Å². The minimum Gasteiger partial charge on any atom is -0.444 e. The zero-order valence-electron chi connectivity index (χ0n) is 19.3. The summed E-state index contributed by atoms with van der Waals surface area (Å²) in [6.07, 6.45) is -1.37. The molecular weight excluding hydrogens is 444 g/mol. The van der Waals surface area contributed by atoms with E-state index in [9.17, 15) is 19.5 Å². The lowest BCUT2D eigenvalue weighted by Crippen LogP contribution is -2.49. The zero-order chi connectivity index (χ0) is 24.2. The van der Waals surface area contributed by atoms with Crippen molar-refractivity contribution in [3.05, 3.63) is 41.0 Å². The molecule has 9 nitrogen and oxygen atoms in total. The number of rotatable bonds is 6. The number of aryl methyl sites for hydroxylation is 1. The number of ether oxygens (including phenoxy) is 1. The largest absolute Gasteiger partial charge is 0.444 e. The third-order valence-electron chi connectivity index (χ3n) is 5.11. The molecule has 33 heavy (non-hydrogen) atoms. The highest BCUT2D eigenvalue weighted by Gasteiger charge is 2.38. The molecule has 0 saturated carbocycles. The summed E-state index contributed by atoms with van der Waals surface area (Å²) in [5.74, 6) is -0.804. The lowest BCUT2D eigenvalue weighted by atomic mass is 10.1. The first-order chi connectivity index (χ1) is 15.5. The summed E-state index contributed by atoms with van der Waals surface area (Å²) in [6.45, 7) is 7.15. The first-order valence-corrected chi connectivity index (χ1v) is 11.6. The first kappa shape index (κ1) is 24.7. The van der Waals surface area contributed by atoms with Gasteiger partial charge in [-0.15, -0.1) is 11.3 Å². The van der Waals surface area contributed by atoms with Gasteiger partial charge < -0.3 is 25.4 Å². The maximum atomic E-state index is 12.8. The summed E-state index contributed by atoms with van der Waals surface area (Å²) >= 11 is 1.58. The molecule has 3 N–H and O–H groups in total. The van der Waals surface area contributed by atoms with Gasteiger partial charge in [-0.2, -0.15) is 0 Å². The number of hydrogen-bond donors (Lipinski definition) is 3. The van der Waals surface area contributed by atoms with E-state index >= 15 is 0 Å². The number of likely N-dealkylation sites (tertiary alicyclic amines) is 1. The first-order valence-electron chi connectivity index (χ1n) is 10.7. The van der Waals surface area contributed by atoms with E-state index in [-0.39, 0.29) is 25.4 Å². The van der Waals surface area contributed by atoms with Crippen LogP contribution in [0.4, 0.5) is 4.79 Å². The third kappa shape index (κ3) is 6.75. The third-order valence-corrected chi connectivity index (χ3v) is 6.09. The fourth-order valence-corrected chi connectivity index (χ4v) is 4.37. The number of amides is 3. The number of alkyl carbamates (subject to hydrolysis) is 1. The molecule has 178 valence electrons.